The lowest BCUT2D eigenvalue weighted by atomic mass is 10.2. The molecule has 0 aliphatic carbocycles. The maximum atomic E-state index is 8.75. The minimum absolute atomic E-state index is 0.175. The van der Waals surface area contributed by atoms with Gasteiger partial charge in [0.05, 0.1) is 12.6 Å². The number of nitrogens with one attached hydrogen (secondary N) is 1. The van der Waals surface area contributed by atoms with Crippen molar-refractivity contribution < 1.29 is 5.11 Å². The van der Waals surface area contributed by atoms with Crippen molar-refractivity contribution in [2.24, 2.45) is 7.05 Å². The Morgan fingerprint density at radius 1 is 1.60 bits per heavy atom. The summed E-state index contributed by atoms with van der Waals surface area (Å²) in [7, 11) is 1.98. The molecule has 2 heterocycles. The van der Waals surface area contributed by atoms with Gasteiger partial charge >= 0.3 is 0 Å². The number of thioether (sulfide) groups is 1. The van der Waals surface area contributed by atoms with Gasteiger partial charge in [0.1, 0.15) is 0 Å². The van der Waals surface area contributed by atoms with E-state index in [0.717, 1.165) is 23.9 Å². The third kappa shape index (κ3) is 2.32. The topological polar surface area (TPSA) is 63.0 Å². The second-order valence-electron chi connectivity index (χ2n) is 3.62. The molecule has 1 aliphatic rings. The van der Waals surface area contributed by atoms with Crippen LogP contribution in [0.5, 0.6) is 0 Å². The molecule has 1 saturated heterocycles. The van der Waals surface area contributed by atoms with Gasteiger partial charge in [-0.2, -0.15) is 0 Å². The molecule has 15 heavy (non-hydrogen) atoms. The lowest BCUT2D eigenvalue weighted by Crippen LogP contribution is -2.17. The average molecular weight is 228 g/mol. The van der Waals surface area contributed by atoms with E-state index in [1.54, 1.807) is 0 Å². The Kier molecular flexibility index (Phi) is 3.61. The summed E-state index contributed by atoms with van der Waals surface area (Å²) < 4.78 is 2.02. The molecule has 1 fully saturated rings. The van der Waals surface area contributed by atoms with Crippen LogP contribution in [0.1, 0.15) is 24.7 Å². The van der Waals surface area contributed by atoms with Gasteiger partial charge in [0.25, 0.3) is 0 Å². The van der Waals surface area contributed by atoms with Crippen molar-refractivity contribution in [3.05, 3.63) is 5.82 Å². The first kappa shape index (κ1) is 10.9. The third-order valence-corrected chi connectivity index (χ3v) is 3.56. The van der Waals surface area contributed by atoms with E-state index in [0.29, 0.717) is 11.8 Å². The summed E-state index contributed by atoms with van der Waals surface area (Å²) in [6, 6.07) is 0.353. The molecular weight excluding hydrogens is 212 g/mol. The second-order valence-corrected chi connectivity index (χ2v) is 4.68. The molecule has 1 atom stereocenters. The highest BCUT2D eigenvalue weighted by atomic mass is 32.2. The molecule has 0 unspecified atom stereocenters. The van der Waals surface area contributed by atoms with E-state index in [9.17, 15) is 0 Å². The summed E-state index contributed by atoms with van der Waals surface area (Å²) in [5.41, 5.74) is 0. The van der Waals surface area contributed by atoms with Crippen molar-refractivity contribution >= 4 is 11.8 Å². The number of hydrogen-bond donors (Lipinski definition) is 2. The SMILES string of the molecule is Cn1c(SCCO)nnc1[C@H]1CCCN1. The van der Waals surface area contributed by atoms with Gasteiger partial charge in [0.15, 0.2) is 11.0 Å². The summed E-state index contributed by atoms with van der Waals surface area (Å²) in [6.45, 7) is 1.24. The third-order valence-electron chi connectivity index (χ3n) is 2.56. The molecule has 5 nitrogen and oxygen atoms in total. The standard InChI is InChI=1S/C9H16N4OS/c1-13-8(7-3-2-4-10-7)11-12-9(13)15-6-5-14/h7,10,14H,2-6H2,1H3/t7-/m1/s1. The van der Waals surface area contributed by atoms with Crippen molar-refractivity contribution in [1.82, 2.24) is 20.1 Å². The Hall–Kier alpha value is -0.590. The average Bonchev–Trinajstić information content (AvgIpc) is 2.84. The highest BCUT2D eigenvalue weighted by molar-refractivity contribution is 7.99. The largest absolute Gasteiger partial charge is 0.396 e. The zero-order valence-electron chi connectivity index (χ0n) is 8.81. The number of aliphatic hydroxyl groups excluding tert-OH is 1. The zero-order valence-corrected chi connectivity index (χ0v) is 9.63. The van der Waals surface area contributed by atoms with Crippen LogP contribution in [0.25, 0.3) is 0 Å². The molecule has 2 rings (SSSR count). The van der Waals surface area contributed by atoms with E-state index in [4.69, 9.17) is 5.11 Å². The zero-order chi connectivity index (χ0) is 10.7. The molecule has 2 N–H and O–H groups in total. The molecule has 1 aromatic heterocycles. The first-order chi connectivity index (χ1) is 7.33. The van der Waals surface area contributed by atoms with Crippen molar-refractivity contribution in [2.45, 2.75) is 24.0 Å². The molecule has 1 aromatic rings. The Morgan fingerprint density at radius 2 is 2.47 bits per heavy atom. The van der Waals surface area contributed by atoms with Crippen LogP contribution < -0.4 is 5.32 Å². The smallest absolute Gasteiger partial charge is 0.191 e. The minimum atomic E-state index is 0.175. The van der Waals surface area contributed by atoms with Crippen LogP contribution >= 0.6 is 11.8 Å². The van der Waals surface area contributed by atoms with Crippen LogP contribution in [0.4, 0.5) is 0 Å². The van der Waals surface area contributed by atoms with Gasteiger partial charge in [-0.3, -0.25) is 0 Å². The van der Waals surface area contributed by atoms with E-state index in [-0.39, 0.29) is 6.61 Å². The summed E-state index contributed by atoms with van der Waals surface area (Å²) in [5.74, 6) is 1.68. The van der Waals surface area contributed by atoms with Gasteiger partial charge in [-0.1, -0.05) is 11.8 Å². The molecular formula is C9H16N4OS. The Balaban J connectivity index is 2.08. The lowest BCUT2D eigenvalue weighted by Gasteiger charge is -2.09. The van der Waals surface area contributed by atoms with Crippen LogP contribution in [0.3, 0.4) is 0 Å². The highest BCUT2D eigenvalue weighted by Gasteiger charge is 2.22. The van der Waals surface area contributed by atoms with Gasteiger partial charge < -0.3 is 15.0 Å². The van der Waals surface area contributed by atoms with Crippen LogP contribution in [0.2, 0.25) is 0 Å². The van der Waals surface area contributed by atoms with Gasteiger partial charge in [-0.05, 0) is 19.4 Å². The molecule has 0 spiro atoms. The van der Waals surface area contributed by atoms with E-state index < -0.39 is 0 Å². The van der Waals surface area contributed by atoms with E-state index in [2.05, 4.69) is 15.5 Å². The molecule has 0 bridgehead atoms. The predicted molar refractivity (Wildman–Crippen MR) is 58.8 cm³/mol. The summed E-state index contributed by atoms with van der Waals surface area (Å²) >= 11 is 1.54. The molecule has 0 aromatic carbocycles. The van der Waals surface area contributed by atoms with Crippen molar-refractivity contribution in [1.29, 1.82) is 0 Å². The maximum Gasteiger partial charge on any atom is 0.191 e. The Bertz CT molecular complexity index is 322. The fourth-order valence-corrected chi connectivity index (χ4v) is 2.46. The van der Waals surface area contributed by atoms with E-state index in [1.807, 2.05) is 11.6 Å². The molecule has 0 radical (unpaired) electrons. The normalized spacial score (nSPS) is 21.1. The number of aromatic nitrogens is 3. The lowest BCUT2D eigenvalue weighted by molar-refractivity contribution is 0.322. The highest BCUT2D eigenvalue weighted by Crippen LogP contribution is 2.24. The second kappa shape index (κ2) is 4.96. The van der Waals surface area contributed by atoms with Gasteiger partial charge in [0, 0.05) is 12.8 Å². The van der Waals surface area contributed by atoms with Crippen molar-refractivity contribution in [2.75, 3.05) is 18.9 Å². The Labute approximate surface area is 93.3 Å². The summed E-state index contributed by atoms with van der Waals surface area (Å²) in [5, 5.41) is 21.4. The van der Waals surface area contributed by atoms with Crippen LogP contribution in [-0.4, -0.2) is 38.8 Å². The summed E-state index contributed by atoms with van der Waals surface area (Å²) in [6.07, 6.45) is 2.34. The van der Waals surface area contributed by atoms with Crippen LogP contribution in [-0.2, 0) is 7.05 Å². The van der Waals surface area contributed by atoms with Crippen molar-refractivity contribution in [3.63, 3.8) is 0 Å². The fourth-order valence-electron chi connectivity index (χ4n) is 1.80. The van der Waals surface area contributed by atoms with E-state index >= 15 is 0 Å². The molecule has 1 aliphatic heterocycles. The summed E-state index contributed by atoms with van der Waals surface area (Å²) in [4.78, 5) is 0. The molecule has 0 amide bonds. The first-order valence-corrected chi connectivity index (χ1v) is 6.18. The van der Waals surface area contributed by atoms with Gasteiger partial charge in [-0.15, -0.1) is 10.2 Å². The molecule has 84 valence electrons. The van der Waals surface area contributed by atoms with Gasteiger partial charge in [-0.25, -0.2) is 0 Å². The van der Waals surface area contributed by atoms with Gasteiger partial charge in [0.2, 0.25) is 0 Å². The number of hydrogen-bond acceptors (Lipinski definition) is 5. The number of aliphatic hydroxyl groups is 1. The molecule has 6 heteroatoms. The fraction of sp³-hybridized carbons (Fsp3) is 0.778. The first-order valence-electron chi connectivity index (χ1n) is 5.19. The van der Waals surface area contributed by atoms with E-state index in [1.165, 1.54) is 18.2 Å². The maximum absolute atomic E-state index is 8.75. The van der Waals surface area contributed by atoms with Crippen LogP contribution in [0, 0.1) is 0 Å². The van der Waals surface area contributed by atoms with Crippen molar-refractivity contribution in [3.8, 4) is 0 Å². The monoisotopic (exact) mass is 228 g/mol. The quantitative estimate of drug-likeness (QED) is 0.727. The number of rotatable bonds is 4. The Morgan fingerprint density at radius 3 is 3.13 bits per heavy atom. The van der Waals surface area contributed by atoms with Crippen LogP contribution in [0.15, 0.2) is 5.16 Å². The predicted octanol–water partition coefficient (Wildman–Crippen LogP) is 0.324. The molecule has 0 saturated carbocycles. The minimum Gasteiger partial charge on any atom is -0.396 e. The number of nitrogens with zero attached hydrogens (tertiary/aromatic N) is 3.